The summed E-state index contributed by atoms with van der Waals surface area (Å²) >= 11 is 0. The zero-order valence-corrected chi connectivity index (χ0v) is 11.1. The van der Waals surface area contributed by atoms with Crippen molar-refractivity contribution in [1.82, 2.24) is 9.97 Å². The first-order valence-corrected chi connectivity index (χ1v) is 7.93. The van der Waals surface area contributed by atoms with E-state index in [0.29, 0.717) is 18.5 Å². The van der Waals surface area contributed by atoms with E-state index in [-0.39, 0.29) is 11.7 Å². The summed E-state index contributed by atoms with van der Waals surface area (Å²) in [6.07, 6.45) is 8.24. The molecule has 1 aliphatic rings. The molecule has 0 radical (unpaired) electrons. The maximum atomic E-state index is 12.2. The van der Waals surface area contributed by atoms with Crippen molar-refractivity contribution >= 4 is 15.6 Å². The summed E-state index contributed by atoms with van der Waals surface area (Å²) in [5.74, 6) is -0.327. The summed E-state index contributed by atoms with van der Waals surface area (Å²) in [6, 6.07) is 0. The van der Waals surface area contributed by atoms with Gasteiger partial charge >= 0.3 is 0 Å². The van der Waals surface area contributed by atoms with Gasteiger partial charge in [0.25, 0.3) is 0 Å². The molecule has 0 bridgehead atoms. The number of hydrogen-bond donors (Lipinski definition) is 0. The second-order valence-electron chi connectivity index (χ2n) is 4.77. The maximum absolute atomic E-state index is 12.2. The van der Waals surface area contributed by atoms with E-state index < -0.39 is 15.1 Å². The summed E-state index contributed by atoms with van der Waals surface area (Å²) in [5.41, 5.74) is 0.330. The number of Topliss-reactive ketones (excluding diaryl/α,β-unsaturated/α-hetero) is 1. The molecule has 0 aliphatic heterocycles. The monoisotopic (exact) mass is 268 g/mol. The van der Waals surface area contributed by atoms with Crippen molar-refractivity contribution in [3.8, 4) is 0 Å². The van der Waals surface area contributed by atoms with Crippen LogP contribution in [0.4, 0.5) is 0 Å². The number of ketones is 1. The number of sulfone groups is 1. The van der Waals surface area contributed by atoms with Crippen molar-refractivity contribution < 1.29 is 13.2 Å². The lowest BCUT2D eigenvalue weighted by Crippen LogP contribution is -2.31. The van der Waals surface area contributed by atoms with Crippen LogP contribution in [0.5, 0.6) is 0 Å². The number of carbonyl (C=O) groups excluding carboxylic acids is 1. The van der Waals surface area contributed by atoms with Gasteiger partial charge in [-0.1, -0.05) is 6.42 Å². The molecule has 0 amide bonds. The van der Waals surface area contributed by atoms with Crippen molar-refractivity contribution in [1.29, 1.82) is 0 Å². The van der Waals surface area contributed by atoms with Crippen molar-refractivity contribution in [2.75, 3.05) is 6.26 Å². The molecule has 1 aliphatic carbocycles. The summed E-state index contributed by atoms with van der Waals surface area (Å²) < 4.78 is 23.1. The molecule has 2 rings (SSSR count). The summed E-state index contributed by atoms with van der Waals surface area (Å²) in [4.78, 5) is 20.0. The van der Waals surface area contributed by atoms with E-state index in [2.05, 4.69) is 9.97 Å². The van der Waals surface area contributed by atoms with Gasteiger partial charge in [-0.15, -0.1) is 0 Å². The molecule has 0 saturated heterocycles. The molecule has 1 saturated carbocycles. The van der Waals surface area contributed by atoms with Gasteiger partial charge in [0.05, 0.1) is 11.4 Å². The van der Waals surface area contributed by atoms with E-state index in [4.69, 9.17) is 0 Å². The molecule has 0 aromatic carbocycles. The Hall–Kier alpha value is -1.30. The zero-order chi connectivity index (χ0) is 13.2. The fourth-order valence-electron chi connectivity index (χ4n) is 2.41. The lowest BCUT2D eigenvalue weighted by Gasteiger charge is -2.26. The van der Waals surface area contributed by atoms with Crippen LogP contribution in [0.2, 0.25) is 0 Å². The summed E-state index contributed by atoms with van der Waals surface area (Å²) in [7, 11) is -3.06. The van der Waals surface area contributed by atoms with Crippen LogP contribution in [0, 0.1) is 5.92 Å². The molecule has 2 atom stereocenters. The normalized spacial score (nSPS) is 24.7. The summed E-state index contributed by atoms with van der Waals surface area (Å²) in [6.45, 7) is 0. The van der Waals surface area contributed by atoms with Crippen molar-refractivity contribution in [3.05, 3.63) is 24.3 Å². The Morgan fingerprint density at radius 1 is 1.33 bits per heavy atom. The Balaban J connectivity index is 2.13. The van der Waals surface area contributed by atoms with Crippen LogP contribution in [0.1, 0.15) is 36.2 Å². The van der Waals surface area contributed by atoms with E-state index in [1.165, 1.54) is 24.8 Å². The number of carbonyl (C=O) groups is 1. The summed E-state index contributed by atoms with van der Waals surface area (Å²) in [5, 5.41) is -0.392. The molecule has 98 valence electrons. The minimum atomic E-state index is -3.06. The first kappa shape index (κ1) is 13.1. The van der Waals surface area contributed by atoms with Gasteiger partial charge in [-0.05, 0) is 19.3 Å². The minimum absolute atomic E-state index is 0.0866. The first-order valence-electron chi connectivity index (χ1n) is 5.97. The topological polar surface area (TPSA) is 77.0 Å². The third-order valence-electron chi connectivity index (χ3n) is 3.42. The molecule has 5 nitrogen and oxygen atoms in total. The van der Waals surface area contributed by atoms with Gasteiger partial charge in [-0.3, -0.25) is 9.78 Å². The van der Waals surface area contributed by atoms with Gasteiger partial charge in [0.1, 0.15) is 15.5 Å². The number of rotatable bonds is 3. The first-order chi connectivity index (χ1) is 8.48. The number of nitrogens with zero attached hydrogens (tertiary/aromatic N) is 2. The molecular formula is C12H16N2O3S. The van der Waals surface area contributed by atoms with E-state index in [9.17, 15) is 13.2 Å². The van der Waals surface area contributed by atoms with Gasteiger partial charge in [0.2, 0.25) is 0 Å². The SMILES string of the molecule is CS(=O)(=O)C1CCCC(C(=O)c2cnccn2)C1. The molecular weight excluding hydrogens is 252 g/mol. The molecule has 18 heavy (non-hydrogen) atoms. The van der Waals surface area contributed by atoms with Gasteiger partial charge in [0, 0.05) is 24.6 Å². The second-order valence-corrected chi connectivity index (χ2v) is 7.10. The predicted molar refractivity (Wildman–Crippen MR) is 67.0 cm³/mol. The van der Waals surface area contributed by atoms with Gasteiger partial charge in [0.15, 0.2) is 5.78 Å². The van der Waals surface area contributed by atoms with Crippen molar-refractivity contribution in [3.63, 3.8) is 0 Å². The van der Waals surface area contributed by atoms with Crippen LogP contribution in [0.15, 0.2) is 18.6 Å². The van der Waals surface area contributed by atoms with E-state index in [1.54, 1.807) is 0 Å². The quantitative estimate of drug-likeness (QED) is 0.771. The molecule has 1 aromatic rings. The number of aromatic nitrogens is 2. The van der Waals surface area contributed by atoms with Crippen LogP contribution >= 0.6 is 0 Å². The van der Waals surface area contributed by atoms with Gasteiger partial charge in [-0.2, -0.15) is 0 Å². The Morgan fingerprint density at radius 3 is 2.72 bits per heavy atom. The third-order valence-corrected chi connectivity index (χ3v) is 5.06. The zero-order valence-electron chi connectivity index (χ0n) is 10.2. The van der Waals surface area contributed by atoms with Crippen molar-refractivity contribution in [2.24, 2.45) is 5.92 Å². The Morgan fingerprint density at radius 2 is 2.11 bits per heavy atom. The minimum Gasteiger partial charge on any atom is -0.292 e. The average molecular weight is 268 g/mol. The van der Waals surface area contributed by atoms with E-state index in [0.717, 1.165) is 12.8 Å². The van der Waals surface area contributed by atoms with Crippen LogP contribution in [-0.4, -0.2) is 35.7 Å². The highest BCUT2D eigenvalue weighted by Gasteiger charge is 2.33. The highest BCUT2D eigenvalue weighted by molar-refractivity contribution is 7.91. The lowest BCUT2D eigenvalue weighted by atomic mass is 9.85. The van der Waals surface area contributed by atoms with Crippen LogP contribution < -0.4 is 0 Å². The van der Waals surface area contributed by atoms with Crippen LogP contribution in [-0.2, 0) is 9.84 Å². The van der Waals surface area contributed by atoms with E-state index >= 15 is 0 Å². The molecule has 1 heterocycles. The fourth-order valence-corrected chi connectivity index (χ4v) is 3.58. The molecule has 2 unspecified atom stereocenters. The second kappa shape index (κ2) is 5.14. The fraction of sp³-hybridized carbons (Fsp3) is 0.583. The third kappa shape index (κ3) is 2.93. The standard InChI is InChI=1S/C12H16N2O3S/c1-18(16,17)10-4-2-3-9(7-10)12(15)11-8-13-5-6-14-11/h5-6,8-10H,2-4,7H2,1H3. The molecule has 0 spiro atoms. The highest BCUT2D eigenvalue weighted by Crippen LogP contribution is 2.30. The van der Waals surface area contributed by atoms with Crippen LogP contribution in [0.25, 0.3) is 0 Å². The highest BCUT2D eigenvalue weighted by atomic mass is 32.2. The van der Waals surface area contributed by atoms with Crippen LogP contribution in [0.3, 0.4) is 0 Å². The van der Waals surface area contributed by atoms with Gasteiger partial charge < -0.3 is 0 Å². The average Bonchev–Trinajstić information content (AvgIpc) is 2.38. The Labute approximate surface area is 107 Å². The molecule has 0 N–H and O–H groups in total. The largest absolute Gasteiger partial charge is 0.292 e. The predicted octanol–water partition coefficient (Wildman–Crippen LogP) is 1.26. The van der Waals surface area contributed by atoms with Crippen molar-refractivity contribution in [2.45, 2.75) is 30.9 Å². The van der Waals surface area contributed by atoms with E-state index in [1.807, 2.05) is 0 Å². The smallest absolute Gasteiger partial charge is 0.185 e. The Kier molecular flexibility index (Phi) is 3.75. The molecule has 6 heteroatoms. The Bertz CT molecular complexity index is 528. The lowest BCUT2D eigenvalue weighted by molar-refractivity contribution is 0.0885. The maximum Gasteiger partial charge on any atom is 0.185 e. The van der Waals surface area contributed by atoms with Gasteiger partial charge in [-0.25, -0.2) is 13.4 Å². The molecule has 1 fully saturated rings. The number of hydrogen-bond acceptors (Lipinski definition) is 5. The molecule has 1 aromatic heterocycles.